The number of rotatable bonds is 10. The van der Waals surface area contributed by atoms with Gasteiger partial charge in [-0.25, -0.2) is 4.79 Å². The second-order valence-electron chi connectivity index (χ2n) is 9.94. The number of carbonyl (C=O) groups is 3. The minimum Gasteiger partial charge on any atom is -0.444 e. The molecule has 33 heavy (non-hydrogen) atoms. The first-order valence-electron chi connectivity index (χ1n) is 12.0. The number of ether oxygens (including phenoxy) is 1. The first-order valence-corrected chi connectivity index (χ1v) is 12.0. The number of nitrogens with one attached hydrogen (secondary N) is 2. The summed E-state index contributed by atoms with van der Waals surface area (Å²) in [4.78, 5) is 40.6. The lowest BCUT2D eigenvalue weighted by atomic mass is 9.97. The van der Waals surface area contributed by atoms with Crippen molar-refractivity contribution in [2.75, 3.05) is 6.54 Å². The van der Waals surface area contributed by atoms with Gasteiger partial charge >= 0.3 is 6.09 Å². The van der Waals surface area contributed by atoms with Gasteiger partial charge in [0.05, 0.1) is 0 Å². The van der Waals surface area contributed by atoms with Crippen LogP contribution in [0.15, 0.2) is 18.2 Å². The molecule has 0 saturated heterocycles. The van der Waals surface area contributed by atoms with Gasteiger partial charge in [0.25, 0.3) is 0 Å². The zero-order valence-corrected chi connectivity index (χ0v) is 21.9. The Labute approximate surface area is 199 Å². The second-order valence-corrected chi connectivity index (χ2v) is 9.94. The Morgan fingerprint density at radius 2 is 1.61 bits per heavy atom. The lowest BCUT2D eigenvalue weighted by Gasteiger charge is -2.36. The van der Waals surface area contributed by atoms with Crippen molar-refractivity contribution < 1.29 is 19.1 Å². The molecule has 0 bridgehead atoms. The van der Waals surface area contributed by atoms with E-state index in [0.717, 1.165) is 29.5 Å². The van der Waals surface area contributed by atoms with Crippen molar-refractivity contribution in [2.45, 2.75) is 105 Å². The van der Waals surface area contributed by atoms with Crippen LogP contribution in [0.5, 0.6) is 0 Å². The molecule has 0 aliphatic heterocycles. The van der Waals surface area contributed by atoms with E-state index >= 15 is 0 Å². The molecule has 2 N–H and O–H groups in total. The van der Waals surface area contributed by atoms with E-state index in [9.17, 15) is 14.4 Å². The van der Waals surface area contributed by atoms with Crippen LogP contribution in [0.4, 0.5) is 4.79 Å². The van der Waals surface area contributed by atoms with E-state index in [1.165, 1.54) is 0 Å². The zero-order valence-electron chi connectivity index (χ0n) is 21.9. The standard InChI is InChI=1S/C26H43N3O4/c1-10-12-19(5)28-24(31)23(21-14-17(3)13-18(4)15-21)29(20(6)11-2)22(30)16-27-25(32)33-26(7,8)9/h13-15,19-20,23H,10-12,16H2,1-9H3,(H,27,32)(H,28,31). The van der Waals surface area contributed by atoms with Crippen molar-refractivity contribution in [1.29, 1.82) is 0 Å². The monoisotopic (exact) mass is 461 g/mol. The normalized spacial score (nSPS) is 14.1. The van der Waals surface area contributed by atoms with Crippen molar-refractivity contribution in [3.05, 3.63) is 34.9 Å². The first kappa shape index (κ1) is 28.5. The summed E-state index contributed by atoms with van der Waals surface area (Å²) in [6, 6.07) is 4.92. The maximum absolute atomic E-state index is 13.5. The van der Waals surface area contributed by atoms with Crippen molar-refractivity contribution in [2.24, 2.45) is 0 Å². The Bertz CT molecular complexity index is 796. The largest absolute Gasteiger partial charge is 0.444 e. The summed E-state index contributed by atoms with van der Waals surface area (Å²) in [6.07, 6.45) is 1.80. The molecule has 7 nitrogen and oxygen atoms in total. The second kappa shape index (κ2) is 12.6. The Hall–Kier alpha value is -2.57. The van der Waals surface area contributed by atoms with E-state index < -0.39 is 17.7 Å². The number of carbonyl (C=O) groups excluding carboxylic acids is 3. The molecule has 1 aromatic carbocycles. The van der Waals surface area contributed by atoms with Gasteiger partial charge in [-0.05, 0) is 66.9 Å². The molecule has 1 rings (SSSR count). The minimum absolute atomic E-state index is 0.00956. The van der Waals surface area contributed by atoms with E-state index in [2.05, 4.69) is 17.6 Å². The number of nitrogens with zero attached hydrogens (tertiary/aromatic N) is 1. The Morgan fingerprint density at radius 3 is 2.09 bits per heavy atom. The molecule has 0 saturated carbocycles. The van der Waals surface area contributed by atoms with Crippen LogP contribution in [0.3, 0.4) is 0 Å². The van der Waals surface area contributed by atoms with Gasteiger partial charge in [0.2, 0.25) is 11.8 Å². The fourth-order valence-electron chi connectivity index (χ4n) is 3.83. The predicted octanol–water partition coefficient (Wildman–Crippen LogP) is 4.80. The lowest BCUT2D eigenvalue weighted by Crippen LogP contribution is -2.52. The summed E-state index contributed by atoms with van der Waals surface area (Å²) < 4.78 is 5.26. The molecular formula is C26H43N3O4. The van der Waals surface area contributed by atoms with E-state index in [0.29, 0.717) is 6.42 Å². The van der Waals surface area contributed by atoms with Crippen molar-refractivity contribution in [1.82, 2.24) is 15.5 Å². The summed E-state index contributed by atoms with van der Waals surface area (Å²) in [5.41, 5.74) is 2.14. The van der Waals surface area contributed by atoms with Gasteiger partial charge in [-0.1, -0.05) is 49.6 Å². The highest BCUT2D eigenvalue weighted by Gasteiger charge is 2.35. The molecule has 0 aliphatic carbocycles. The van der Waals surface area contributed by atoms with E-state index in [-0.39, 0.29) is 30.4 Å². The smallest absolute Gasteiger partial charge is 0.408 e. The molecular weight excluding hydrogens is 418 g/mol. The third-order valence-corrected chi connectivity index (χ3v) is 5.33. The Balaban J connectivity index is 3.32. The van der Waals surface area contributed by atoms with Gasteiger partial charge in [0.15, 0.2) is 0 Å². The Kier molecular flexibility index (Phi) is 10.9. The van der Waals surface area contributed by atoms with Crippen LogP contribution in [0.1, 0.15) is 90.5 Å². The number of alkyl carbamates (subject to hydrolysis) is 1. The van der Waals surface area contributed by atoms with Gasteiger partial charge in [0, 0.05) is 12.1 Å². The van der Waals surface area contributed by atoms with Gasteiger partial charge in [-0.3, -0.25) is 9.59 Å². The Morgan fingerprint density at radius 1 is 1.03 bits per heavy atom. The van der Waals surface area contributed by atoms with Gasteiger partial charge in [-0.2, -0.15) is 0 Å². The summed E-state index contributed by atoms with van der Waals surface area (Å²) in [5.74, 6) is -0.551. The van der Waals surface area contributed by atoms with Crippen LogP contribution in [0, 0.1) is 13.8 Å². The fraction of sp³-hybridized carbons (Fsp3) is 0.654. The van der Waals surface area contributed by atoms with Gasteiger partial charge < -0.3 is 20.3 Å². The third kappa shape index (κ3) is 9.44. The molecule has 3 unspecified atom stereocenters. The molecule has 0 spiro atoms. The van der Waals surface area contributed by atoms with Crippen LogP contribution in [-0.2, 0) is 14.3 Å². The SMILES string of the molecule is CCCC(C)NC(=O)C(c1cc(C)cc(C)c1)N(C(=O)CNC(=O)OC(C)(C)C)C(C)CC. The molecule has 0 radical (unpaired) electrons. The first-order chi connectivity index (χ1) is 15.3. The van der Waals surface area contributed by atoms with Crippen LogP contribution >= 0.6 is 0 Å². The lowest BCUT2D eigenvalue weighted by molar-refractivity contribution is -0.143. The summed E-state index contributed by atoms with van der Waals surface area (Å²) in [5, 5.41) is 5.63. The minimum atomic E-state index is -0.800. The summed E-state index contributed by atoms with van der Waals surface area (Å²) in [6.45, 7) is 16.9. The highest BCUT2D eigenvalue weighted by atomic mass is 16.6. The maximum atomic E-state index is 13.5. The third-order valence-electron chi connectivity index (χ3n) is 5.33. The van der Waals surface area contributed by atoms with Crippen molar-refractivity contribution in [3.8, 4) is 0 Å². The molecule has 3 atom stereocenters. The number of amides is 3. The topological polar surface area (TPSA) is 87.7 Å². The quantitative estimate of drug-likeness (QED) is 0.524. The summed E-state index contributed by atoms with van der Waals surface area (Å²) in [7, 11) is 0. The molecule has 0 heterocycles. The van der Waals surface area contributed by atoms with E-state index in [1.807, 2.05) is 52.8 Å². The van der Waals surface area contributed by atoms with Crippen LogP contribution in [-0.4, -0.2) is 47.0 Å². The van der Waals surface area contributed by atoms with E-state index in [1.54, 1.807) is 25.7 Å². The molecule has 186 valence electrons. The highest BCUT2D eigenvalue weighted by molar-refractivity contribution is 5.90. The van der Waals surface area contributed by atoms with E-state index in [4.69, 9.17) is 4.74 Å². The molecule has 3 amide bonds. The van der Waals surface area contributed by atoms with Gasteiger partial charge in [-0.15, -0.1) is 0 Å². The average molecular weight is 462 g/mol. The number of benzene rings is 1. The zero-order chi connectivity index (χ0) is 25.3. The fourth-order valence-corrected chi connectivity index (χ4v) is 3.83. The highest BCUT2D eigenvalue weighted by Crippen LogP contribution is 2.27. The predicted molar refractivity (Wildman–Crippen MR) is 132 cm³/mol. The number of hydrogen-bond donors (Lipinski definition) is 2. The molecule has 0 fully saturated rings. The summed E-state index contributed by atoms with van der Waals surface area (Å²) >= 11 is 0. The molecule has 1 aromatic rings. The van der Waals surface area contributed by atoms with Crippen molar-refractivity contribution in [3.63, 3.8) is 0 Å². The van der Waals surface area contributed by atoms with Crippen LogP contribution in [0.2, 0.25) is 0 Å². The molecule has 7 heteroatoms. The van der Waals surface area contributed by atoms with Crippen molar-refractivity contribution >= 4 is 17.9 Å². The number of aryl methyl sites for hydroxylation is 2. The molecule has 0 aliphatic rings. The average Bonchev–Trinajstić information content (AvgIpc) is 2.67. The van der Waals surface area contributed by atoms with Gasteiger partial charge in [0.1, 0.15) is 18.2 Å². The molecule has 0 aromatic heterocycles. The van der Waals surface area contributed by atoms with Crippen LogP contribution < -0.4 is 10.6 Å². The maximum Gasteiger partial charge on any atom is 0.408 e. The number of hydrogen-bond acceptors (Lipinski definition) is 4. The van der Waals surface area contributed by atoms with Crippen LogP contribution in [0.25, 0.3) is 0 Å².